The van der Waals surface area contributed by atoms with Crippen molar-refractivity contribution in [1.29, 1.82) is 0 Å². The lowest BCUT2D eigenvalue weighted by Gasteiger charge is -2.17. The molecule has 136 valence electrons. The summed E-state index contributed by atoms with van der Waals surface area (Å²) in [5.74, 6) is 0.531. The van der Waals surface area contributed by atoms with E-state index in [2.05, 4.69) is 22.5 Å². The van der Waals surface area contributed by atoms with Gasteiger partial charge in [-0.15, -0.1) is 11.3 Å². The molecule has 0 saturated carbocycles. The summed E-state index contributed by atoms with van der Waals surface area (Å²) in [5.41, 5.74) is 2.19. The Hall–Kier alpha value is -1.31. The summed E-state index contributed by atoms with van der Waals surface area (Å²) < 4.78 is 7.98. The summed E-state index contributed by atoms with van der Waals surface area (Å²) in [6.45, 7) is 6.46. The molecule has 2 aromatic rings. The van der Waals surface area contributed by atoms with E-state index in [1.54, 1.807) is 16.2 Å². The average molecular weight is 380 g/mol. The van der Waals surface area contributed by atoms with Gasteiger partial charge < -0.3 is 14.2 Å². The number of thiophene rings is 1. The molecule has 3 rings (SSSR count). The standard InChI is InChI=1S/C18H25N3O2S2/c1-13-14(2)21(10-15-6-4-8-23-15)18(19-13)25-12-17(22)20(3)11-16-7-5-9-24-16/h5,7,9,15H,4,6,8,10-12H2,1-3H3. The van der Waals surface area contributed by atoms with Crippen molar-refractivity contribution in [1.82, 2.24) is 14.5 Å². The maximum atomic E-state index is 12.4. The molecule has 0 N–H and O–H groups in total. The Labute approximate surface area is 157 Å². The second-order valence-corrected chi connectivity index (χ2v) is 8.40. The number of carbonyl (C=O) groups is 1. The van der Waals surface area contributed by atoms with Crippen LogP contribution in [0.1, 0.15) is 29.1 Å². The molecule has 1 amide bonds. The van der Waals surface area contributed by atoms with E-state index in [1.165, 1.54) is 16.6 Å². The number of imidazole rings is 1. The van der Waals surface area contributed by atoms with Crippen LogP contribution < -0.4 is 0 Å². The highest BCUT2D eigenvalue weighted by atomic mass is 32.2. The van der Waals surface area contributed by atoms with Crippen LogP contribution in [0.25, 0.3) is 0 Å². The molecule has 25 heavy (non-hydrogen) atoms. The molecule has 0 spiro atoms. The van der Waals surface area contributed by atoms with E-state index in [0.717, 1.165) is 42.5 Å². The highest BCUT2D eigenvalue weighted by Crippen LogP contribution is 2.24. The lowest BCUT2D eigenvalue weighted by molar-refractivity contribution is -0.127. The third kappa shape index (κ3) is 4.65. The van der Waals surface area contributed by atoms with E-state index >= 15 is 0 Å². The van der Waals surface area contributed by atoms with Crippen LogP contribution in [0, 0.1) is 13.8 Å². The molecule has 0 aromatic carbocycles. The van der Waals surface area contributed by atoms with Crippen LogP contribution in [0.2, 0.25) is 0 Å². The number of aryl methyl sites for hydroxylation is 1. The van der Waals surface area contributed by atoms with Gasteiger partial charge >= 0.3 is 0 Å². The first-order chi connectivity index (χ1) is 12.0. The van der Waals surface area contributed by atoms with Crippen molar-refractivity contribution in [3.05, 3.63) is 33.8 Å². The highest BCUT2D eigenvalue weighted by molar-refractivity contribution is 7.99. The molecule has 1 saturated heterocycles. The predicted octanol–water partition coefficient (Wildman–Crippen LogP) is 3.49. The molecule has 3 heterocycles. The summed E-state index contributed by atoms with van der Waals surface area (Å²) in [6.07, 6.45) is 2.50. The van der Waals surface area contributed by atoms with Gasteiger partial charge in [-0.25, -0.2) is 4.98 Å². The lowest BCUT2D eigenvalue weighted by atomic mass is 10.2. The number of rotatable bonds is 7. The first-order valence-electron chi connectivity index (χ1n) is 8.59. The van der Waals surface area contributed by atoms with Gasteiger partial charge in [-0.05, 0) is 38.1 Å². The summed E-state index contributed by atoms with van der Waals surface area (Å²) in [7, 11) is 1.86. The second kappa shape index (κ2) is 8.38. The Kier molecular flexibility index (Phi) is 6.19. The Morgan fingerprint density at radius 1 is 1.52 bits per heavy atom. The SMILES string of the molecule is Cc1nc(SCC(=O)N(C)Cc2cccs2)n(CC2CCCO2)c1C. The lowest BCUT2D eigenvalue weighted by Crippen LogP contribution is -2.27. The van der Waals surface area contributed by atoms with Gasteiger partial charge in [0, 0.05) is 24.2 Å². The van der Waals surface area contributed by atoms with E-state index in [1.807, 2.05) is 25.4 Å². The van der Waals surface area contributed by atoms with Gasteiger partial charge in [-0.2, -0.15) is 0 Å². The van der Waals surface area contributed by atoms with Crippen molar-refractivity contribution >= 4 is 29.0 Å². The maximum absolute atomic E-state index is 12.4. The van der Waals surface area contributed by atoms with Crippen LogP contribution in [0.15, 0.2) is 22.7 Å². The van der Waals surface area contributed by atoms with Crippen LogP contribution in [-0.4, -0.2) is 45.9 Å². The van der Waals surface area contributed by atoms with E-state index in [-0.39, 0.29) is 12.0 Å². The van der Waals surface area contributed by atoms with Crippen LogP contribution >= 0.6 is 23.1 Å². The summed E-state index contributed by atoms with van der Waals surface area (Å²) in [5, 5.41) is 2.96. The normalized spacial score (nSPS) is 17.2. The Morgan fingerprint density at radius 2 is 2.36 bits per heavy atom. The molecule has 2 aromatic heterocycles. The van der Waals surface area contributed by atoms with Crippen molar-refractivity contribution in [3.63, 3.8) is 0 Å². The molecule has 1 aliphatic heterocycles. The van der Waals surface area contributed by atoms with Crippen molar-refractivity contribution < 1.29 is 9.53 Å². The monoisotopic (exact) mass is 379 g/mol. The number of nitrogens with zero attached hydrogens (tertiary/aromatic N) is 3. The third-order valence-electron chi connectivity index (χ3n) is 4.56. The molecule has 0 bridgehead atoms. The zero-order chi connectivity index (χ0) is 17.8. The van der Waals surface area contributed by atoms with Crippen molar-refractivity contribution in [3.8, 4) is 0 Å². The van der Waals surface area contributed by atoms with Gasteiger partial charge in [0.2, 0.25) is 5.91 Å². The highest BCUT2D eigenvalue weighted by Gasteiger charge is 2.21. The van der Waals surface area contributed by atoms with Crippen LogP contribution in [0.4, 0.5) is 0 Å². The topological polar surface area (TPSA) is 47.4 Å². The molecule has 0 radical (unpaired) electrons. The first kappa shape index (κ1) is 18.5. The van der Waals surface area contributed by atoms with Gasteiger partial charge in [-0.3, -0.25) is 4.79 Å². The van der Waals surface area contributed by atoms with E-state index in [9.17, 15) is 4.79 Å². The van der Waals surface area contributed by atoms with Crippen molar-refractivity contribution in [2.75, 3.05) is 19.4 Å². The number of ether oxygens (including phenoxy) is 1. The number of hydrogen-bond donors (Lipinski definition) is 0. The van der Waals surface area contributed by atoms with Gasteiger partial charge in [0.15, 0.2) is 5.16 Å². The van der Waals surface area contributed by atoms with E-state index in [4.69, 9.17) is 4.74 Å². The molecule has 1 atom stereocenters. The summed E-state index contributed by atoms with van der Waals surface area (Å²) in [6, 6.07) is 4.07. The number of amides is 1. The molecule has 1 fully saturated rings. The second-order valence-electron chi connectivity index (χ2n) is 6.43. The van der Waals surface area contributed by atoms with Gasteiger partial charge in [0.25, 0.3) is 0 Å². The van der Waals surface area contributed by atoms with Gasteiger partial charge in [0.05, 0.1) is 30.6 Å². The molecule has 1 unspecified atom stereocenters. The maximum Gasteiger partial charge on any atom is 0.233 e. The van der Waals surface area contributed by atoms with Crippen LogP contribution in [-0.2, 0) is 22.6 Å². The smallest absolute Gasteiger partial charge is 0.233 e. The molecular formula is C18H25N3O2S2. The molecule has 7 heteroatoms. The van der Waals surface area contributed by atoms with Crippen LogP contribution in [0.5, 0.6) is 0 Å². The number of aromatic nitrogens is 2. The van der Waals surface area contributed by atoms with Gasteiger partial charge in [0.1, 0.15) is 0 Å². The largest absolute Gasteiger partial charge is 0.376 e. The van der Waals surface area contributed by atoms with E-state index < -0.39 is 0 Å². The number of hydrogen-bond acceptors (Lipinski definition) is 5. The van der Waals surface area contributed by atoms with Crippen molar-refractivity contribution in [2.45, 2.75) is 51.0 Å². The summed E-state index contributed by atoms with van der Waals surface area (Å²) in [4.78, 5) is 20.1. The van der Waals surface area contributed by atoms with Crippen LogP contribution in [0.3, 0.4) is 0 Å². The minimum absolute atomic E-state index is 0.125. The number of thioether (sulfide) groups is 1. The predicted molar refractivity (Wildman–Crippen MR) is 102 cm³/mol. The quantitative estimate of drug-likeness (QED) is 0.691. The number of carbonyl (C=O) groups excluding carboxylic acids is 1. The average Bonchev–Trinajstić information content (AvgIpc) is 3.32. The Balaban J connectivity index is 1.60. The third-order valence-corrected chi connectivity index (χ3v) is 6.38. The molecular weight excluding hydrogens is 354 g/mol. The van der Waals surface area contributed by atoms with Gasteiger partial charge in [-0.1, -0.05) is 17.8 Å². The molecule has 1 aliphatic rings. The Bertz CT molecular complexity index is 706. The fourth-order valence-corrected chi connectivity index (χ4v) is 4.70. The zero-order valence-corrected chi connectivity index (χ0v) is 16.7. The molecule has 5 nitrogen and oxygen atoms in total. The van der Waals surface area contributed by atoms with Crippen molar-refractivity contribution in [2.24, 2.45) is 0 Å². The fourth-order valence-electron chi connectivity index (χ4n) is 2.90. The minimum Gasteiger partial charge on any atom is -0.376 e. The molecule has 0 aliphatic carbocycles. The van der Waals surface area contributed by atoms with E-state index in [0.29, 0.717) is 12.3 Å². The minimum atomic E-state index is 0.125. The summed E-state index contributed by atoms with van der Waals surface area (Å²) >= 11 is 3.20. The Morgan fingerprint density at radius 3 is 3.04 bits per heavy atom. The first-order valence-corrected chi connectivity index (χ1v) is 10.5. The fraction of sp³-hybridized carbons (Fsp3) is 0.556. The zero-order valence-electron chi connectivity index (χ0n) is 15.0.